The normalized spacial score (nSPS) is 20.8. The fourth-order valence-electron chi connectivity index (χ4n) is 2.55. The first-order valence-corrected chi connectivity index (χ1v) is 7.55. The molecule has 1 aliphatic heterocycles. The van der Waals surface area contributed by atoms with Crippen LogP contribution in [0.1, 0.15) is 36.6 Å². The Morgan fingerprint density at radius 2 is 2.05 bits per heavy atom. The summed E-state index contributed by atoms with van der Waals surface area (Å²) in [6, 6.07) is 9.96. The van der Waals surface area contributed by atoms with Gasteiger partial charge in [0.05, 0.1) is 0 Å². The Bertz CT molecular complexity index is 706. The highest BCUT2D eigenvalue weighted by atomic mass is 16.5. The van der Waals surface area contributed by atoms with Gasteiger partial charge in [0.1, 0.15) is 12.4 Å². The maximum Gasteiger partial charge on any atom is 0.336 e. The van der Waals surface area contributed by atoms with Gasteiger partial charge in [0, 0.05) is 5.92 Å². The van der Waals surface area contributed by atoms with Gasteiger partial charge in [0.15, 0.2) is 5.82 Å². The molecular formula is C16H16N4O2. The van der Waals surface area contributed by atoms with Crippen LogP contribution in [0.3, 0.4) is 0 Å². The molecule has 1 aromatic heterocycles. The first-order chi connectivity index (χ1) is 10.8. The predicted molar refractivity (Wildman–Crippen MR) is 80.8 cm³/mol. The number of aliphatic imine (C=N–C) groups is 1. The summed E-state index contributed by atoms with van der Waals surface area (Å²) in [5.41, 5.74) is 1.21. The summed E-state index contributed by atoms with van der Waals surface area (Å²) in [5.74, 6) is 1.01. The van der Waals surface area contributed by atoms with Crippen LogP contribution in [0.4, 0.5) is 6.01 Å². The molecule has 4 rings (SSSR count). The highest BCUT2D eigenvalue weighted by Gasteiger charge is 2.34. The molecule has 0 N–H and O–H groups in total. The van der Waals surface area contributed by atoms with E-state index in [-0.39, 0.29) is 18.0 Å². The van der Waals surface area contributed by atoms with E-state index in [1.165, 1.54) is 16.8 Å². The maximum atomic E-state index is 12.4. The molecule has 0 radical (unpaired) electrons. The number of hydrogen-bond acceptors (Lipinski definition) is 5. The molecule has 1 fully saturated rings. The van der Waals surface area contributed by atoms with E-state index < -0.39 is 0 Å². The van der Waals surface area contributed by atoms with Crippen LogP contribution in [0.15, 0.2) is 39.8 Å². The molecule has 0 bridgehead atoms. The first kappa shape index (κ1) is 13.2. The number of hydrogen-bond donors (Lipinski definition) is 0. The van der Waals surface area contributed by atoms with E-state index in [0.717, 1.165) is 19.3 Å². The molecule has 1 aliphatic carbocycles. The van der Waals surface area contributed by atoms with Gasteiger partial charge >= 0.3 is 6.01 Å². The van der Waals surface area contributed by atoms with E-state index in [1.54, 1.807) is 0 Å². The van der Waals surface area contributed by atoms with Gasteiger partial charge in [-0.1, -0.05) is 35.5 Å². The second-order valence-electron chi connectivity index (χ2n) is 5.72. The third kappa shape index (κ3) is 2.52. The van der Waals surface area contributed by atoms with Crippen molar-refractivity contribution in [1.82, 2.24) is 10.1 Å². The molecular weight excluding hydrogens is 280 g/mol. The summed E-state index contributed by atoms with van der Waals surface area (Å²) in [4.78, 5) is 22.3. The zero-order valence-corrected chi connectivity index (χ0v) is 12.1. The van der Waals surface area contributed by atoms with Crippen LogP contribution < -0.4 is 4.90 Å². The monoisotopic (exact) mass is 296 g/mol. The molecule has 1 amide bonds. The Morgan fingerprint density at radius 3 is 2.82 bits per heavy atom. The average molecular weight is 296 g/mol. The zero-order chi connectivity index (χ0) is 14.9. The lowest BCUT2D eigenvalue weighted by Gasteiger charge is -2.09. The summed E-state index contributed by atoms with van der Waals surface area (Å²) in [6.45, 7) is 0. The van der Waals surface area contributed by atoms with Crippen molar-refractivity contribution in [1.29, 1.82) is 0 Å². The fourth-order valence-corrected chi connectivity index (χ4v) is 2.55. The number of benzene rings is 1. The zero-order valence-electron chi connectivity index (χ0n) is 12.1. The van der Waals surface area contributed by atoms with Gasteiger partial charge in [-0.05, 0) is 31.2 Å². The van der Waals surface area contributed by atoms with Crippen LogP contribution in [-0.4, -0.2) is 28.4 Å². The molecule has 0 spiro atoms. The molecule has 1 atom stereocenters. The molecule has 1 saturated carbocycles. The predicted octanol–water partition coefficient (Wildman–Crippen LogP) is 2.32. The molecule has 1 aromatic carbocycles. The van der Waals surface area contributed by atoms with E-state index in [4.69, 9.17) is 4.52 Å². The van der Waals surface area contributed by atoms with E-state index in [1.807, 2.05) is 18.2 Å². The van der Waals surface area contributed by atoms with Crippen molar-refractivity contribution in [2.24, 2.45) is 4.99 Å². The molecule has 22 heavy (non-hydrogen) atoms. The van der Waals surface area contributed by atoms with Crippen LogP contribution in [0, 0.1) is 0 Å². The van der Waals surface area contributed by atoms with Crippen molar-refractivity contribution in [2.75, 3.05) is 4.90 Å². The smallest absolute Gasteiger partial charge is 0.314 e. The molecule has 6 heteroatoms. The van der Waals surface area contributed by atoms with Crippen molar-refractivity contribution in [3.05, 3.63) is 41.7 Å². The second-order valence-corrected chi connectivity index (χ2v) is 5.72. The third-order valence-corrected chi connectivity index (χ3v) is 4.01. The number of aryl methyl sites for hydroxylation is 1. The first-order valence-electron chi connectivity index (χ1n) is 7.55. The van der Waals surface area contributed by atoms with Crippen molar-refractivity contribution >= 4 is 18.3 Å². The lowest BCUT2D eigenvalue weighted by Crippen LogP contribution is -2.31. The third-order valence-electron chi connectivity index (χ3n) is 4.01. The van der Waals surface area contributed by atoms with Crippen molar-refractivity contribution in [2.45, 2.75) is 37.6 Å². The van der Waals surface area contributed by atoms with Crippen molar-refractivity contribution in [3.8, 4) is 0 Å². The molecule has 6 nitrogen and oxygen atoms in total. The van der Waals surface area contributed by atoms with Crippen LogP contribution in [0.2, 0.25) is 0 Å². The molecule has 2 heterocycles. The van der Waals surface area contributed by atoms with Crippen LogP contribution >= 0.6 is 0 Å². The van der Waals surface area contributed by atoms with Crippen LogP contribution in [0.5, 0.6) is 0 Å². The van der Waals surface area contributed by atoms with E-state index in [0.29, 0.717) is 18.2 Å². The highest BCUT2D eigenvalue weighted by Crippen LogP contribution is 2.38. The molecule has 2 aliphatic rings. The minimum absolute atomic E-state index is 0.0954. The Kier molecular flexibility index (Phi) is 3.21. The molecule has 112 valence electrons. The van der Waals surface area contributed by atoms with Crippen LogP contribution in [0.25, 0.3) is 0 Å². The Morgan fingerprint density at radius 1 is 1.23 bits per heavy atom. The van der Waals surface area contributed by atoms with Gasteiger partial charge in [-0.2, -0.15) is 4.98 Å². The summed E-state index contributed by atoms with van der Waals surface area (Å²) in [7, 11) is 0. The molecule has 2 aromatic rings. The lowest BCUT2D eigenvalue weighted by atomic mass is 10.1. The summed E-state index contributed by atoms with van der Waals surface area (Å²) in [5, 5.41) is 3.93. The molecule has 1 unspecified atom stereocenters. The Labute approximate surface area is 127 Å². The second kappa shape index (κ2) is 5.36. The largest absolute Gasteiger partial charge is 0.336 e. The van der Waals surface area contributed by atoms with Gasteiger partial charge < -0.3 is 4.52 Å². The number of aromatic nitrogens is 2. The fraction of sp³-hybridized carbons (Fsp3) is 0.375. The van der Waals surface area contributed by atoms with E-state index in [2.05, 4.69) is 27.3 Å². The quantitative estimate of drug-likeness (QED) is 0.849. The summed E-state index contributed by atoms with van der Waals surface area (Å²) in [6.07, 6.45) is 5.20. The minimum Gasteiger partial charge on any atom is -0.314 e. The Balaban J connectivity index is 1.40. The van der Waals surface area contributed by atoms with Gasteiger partial charge in [-0.3, -0.25) is 9.79 Å². The number of rotatable bonds is 5. The standard InChI is InChI=1S/C16H16N4O2/c21-15-13(9-6-11-4-2-1-3-5-11)17-10-20(15)16-18-14(19-22-16)12-7-8-12/h1-5,10,12-13H,6-9H2. The minimum atomic E-state index is -0.364. The van der Waals surface area contributed by atoms with Crippen molar-refractivity contribution < 1.29 is 9.32 Å². The topological polar surface area (TPSA) is 71.6 Å². The van der Waals surface area contributed by atoms with Crippen molar-refractivity contribution in [3.63, 3.8) is 0 Å². The van der Waals surface area contributed by atoms with Gasteiger partial charge in [-0.25, -0.2) is 4.90 Å². The summed E-state index contributed by atoms with van der Waals surface area (Å²) < 4.78 is 5.18. The number of carbonyl (C=O) groups excluding carboxylic acids is 1. The van der Waals surface area contributed by atoms with Gasteiger partial charge in [-0.15, -0.1) is 0 Å². The number of carbonyl (C=O) groups is 1. The van der Waals surface area contributed by atoms with Gasteiger partial charge in [0.2, 0.25) is 0 Å². The van der Waals surface area contributed by atoms with Crippen LogP contribution in [-0.2, 0) is 11.2 Å². The summed E-state index contributed by atoms with van der Waals surface area (Å²) >= 11 is 0. The van der Waals surface area contributed by atoms with E-state index >= 15 is 0 Å². The maximum absolute atomic E-state index is 12.4. The van der Waals surface area contributed by atoms with E-state index in [9.17, 15) is 4.79 Å². The SMILES string of the molecule is O=C1C(CCc2ccccc2)N=CN1c1nc(C2CC2)no1. The highest BCUT2D eigenvalue weighted by molar-refractivity contribution is 6.13. The number of anilines is 1. The average Bonchev–Trinajstić information content (AvgIpc) is 3.18. The van der Waals surface area contributed by atoms with Gasteiger partial charge in [0.25, 0.3) is 5.91 Å². The number of nitrogens with zero attached hydrogens (tertiary/aromatic N) is 4. The lowest BCUT2D eigenvalue weighted by molar-refractivity contribution is -0.118. The molecule has 0 saturated heterocycles. The number of amides is 1. The Hall–Kier alpha value is -2.50.